The number of hydrogen-bond acceptors (Lipinski definition) is 2. The number of aromatic amines is 1. The van der Waals surface area contributed by atoms with E-state index in [0.717, 1.165) is 16.8 Å². The number of hydrogen-bond donors (Lipinski definition) is 1. The van der Waals surface area contributed by atoms with E-state index >= 15 is 0 Å². The second-order valence-electron chi connectivity index (χ2n) is 4.78. The normalized spacial score (nSPS) is 12.7. The Morgan fingerprint density at radius 1 is 1.24 bits per heavy atom. The van der Waals surface area contributed by atoms with Crippen LogP contribution >= 0.6 is 0 Å². The van der Waals surface area contributed by atoms with Crippen molar-refractivity contribution in [2.75, 3.05) is 14.1 Å². The van der Waals surface area contributed by atoms with E-state index in [-0.39, 0.29) is 5.56 Å². The van der Waals surface area contributed by atoms with Crippen molar-refractivity contribution in [1.82, 2.24) is 14.7 Å². The lowest BCUT2D eigenvalue weighted by molar-refractivity contribution is -0.137. The highest BCUT2D eigenvalue weighted by Crippen LogP contribution is 2.29. The molecule has 0 aliphatic rings. The first-order chi connectivity index (χ1) is 9.70. The van der Waals surface area contributed by atoms with Crippen LogP contribution in [0.1, 0.15) is 5.56 Å². The number of H-pyrrole nitrogens is 1. The number of halogens is 3. The van der Waals surface area contributed by atoms with E-state index in [1.807, 2.05) is 0 Å². The molecule has 0 fully saturated rings. The molecule has 0 radical (unpaired) electrons. The Hall–Kier alpha value is -2.44. The van der Waals surface area contributed by atoms with Gasteiger partial charge in [-0.25, -0.2) is 4.68 Å². The molecule has 1 aromatic carbocycles. The van der Waals surface area contributed by atoms with E-state index < -0.39 is 11.7 Å². The van der Waals surface area contributed by atoms with Crippen LogP contribution < -0.4 is 16.1 Å². The average molecular weight is 297 g/mol. The van der Waals surface area contributed by atoms with Gasteiger partial charge in [0.1, 0.15) is 0 Å². The van der Waals surface area contributed by atoms with Crippen LogP contribution in [0.2, 0.25) is 0 Å². The first kappa shape index (κ1) is 15.0. The predicted molar refractivity (Wildman–Crippen MR) is 74.3 cm³/mol. The first-order valence-corrected chi connectivity index (χ1v) is 6.06. The quantitative estimate of drug-likeness (QED) is 0.894. The molecule has 0 spiro atoms. The number of nitrogens with zero attached hydrogens (tertiary/aromatic N) is 2. The molecule has 112 valence electrons. The fraction of sp³-hybridized carbons (Fsp3) is 0.214. The highest BCUT2D eigenvalue weighted by Gasteiger charge is 2.30. The molecule has 2 aromatic rings. The highest BCUT2D eigenvalue weighted by atomic mass is 19.4. The maximum atomic E-state index is 12.5. The minimum absolute atomic E-state index is 0.316. The van der Waals surface area contributed by atoms with Crippen molar-refractivity contribution >= 4 is 12.8 Å². The molecule has 1 heterocycles. The van der Waals surface area contributed by atoms with Gasteiger partial charge >= 0.3 is 6.18 Å². The molecule has 0 atom stereocenters. The Morgan fingerprint density at radius 2 is 1.81 bits per heavy atom. The summed E-state index contributed by atoms with van der Waals surface area (Å²) in [6, 6.07) is 4.33. The Labute approximate surface area is 118 Å². The first-order valence-electron chi connectivity index (χ1n) is 6.06. The minimum Gasteiger partial charge on any atom is -0.383 e. The SMILES string of the molecule is C=c1[nH]n(-c2ccc(C(F)(F)F)cc2)c(=O)c1=CN(C)C. The molecule has 0 bridgehead atoms. The second kappa shape index (κ2) is 5.16. The number of benzene rings is 1. The van der Waals surface area contributed by atoms with Gasteiger partial charge in [-0.3, -0.25) is 9.89 Å². The molecular formula is C14H14F3N3O. The largest absolute Gasteiger partial charge is 0.416 e. The molecule has 0 saturated carbocycles. The summed E-state index contributed by atoms with van der Waals surface area (Å²) in [4.78, 5) is 13.9. The van der Waals surface area contributed by atoms with Crippen LogP contribution in [0.5, 0.6) is 0 Å². The zero-order valence-corrected chi connectivity index (χ0v) is 11.5. The number of rotatable bonds is 2. The van der Waals surface area contributed by atoms with Gasteiger partial charge in [0.15, 0.2) is 0 Å². The van der Waals surface area contributed by atoms with E-state index in [9.17, 15) is 18.0 Å². The van der Waals surface area contributed by atoms with Crippen LogP contribution in [0.3, 0.4) is 0 Å². The Morgan fingerprint density at radius 3 is 2.29 bits per heavy atom. The zero-order valence-electron chi connectivity index (χ0n) is 11.5. The van der Waals surface area contributed by atoms with Gasteiger partial charge in [0, 0.05) is 20.3 Å². The van der Waals surface area contributed by atoms with Crippen LogP contribution in [0.25, 0.3) is 18.5 Å². The summed E-state index contributed by atoms with van der Waals surface area (Å²) in [5.41, 5.74) is -0.814. The number of aromatic nitrogens is 2. The molecule has 4 nitrogen and oxygen atoms in total. The van der Waals surface area contributed by atoms with Crippen molar-refractivity contribution in [3.8, 4) is 5.69 Å². The monoisotopic (exact) mass is 297 g/mol. The number of alkyl halides is 3. The molecular weight excluding hydrogens is 283 g/mol. The van der Waals surface area contributed by atoms with Crippen molar-refractivity contribution in [2.24, 2.45) is 0 Å². The molecule has 1 N–H and O–H groups in total. The number of nitrogens with one attached hydrogen (secondary N) is 1. The smallest absolute Gasteiger partial charge is 0.383 e. The third-order valence-electron chi connectivity index (χ3n) is 2.85. The summed E-state index contributed by atoms with van der Waals surface area (Å²) in [5, 5.41) is 3.50. The van der Waals surface area contributed by atoms with Crippen molar-refractivity contribution in [1.29, 1.82) is 0 Å². The van der Waals surface area contributed by atoms with E-state index in [4.69, 9.17) is 0 Å². The lowest BCUT2D eigenvalue weighted by atomic mass is 10.2. The summed E-state index contributed by atoms with van der Waals surface area (Å²) in [6.07, 6.45) is -2.80. The maximum absolute atomic E-state index is 12.5. The highest BCUT2D eigenvalue weighted by molar-refractivity contribution is 5.35. The molecule has 1 aromatic heterocycles. The van der Waals surface area contributed by atoms with Gasteiger partial charge in [0.05, 0.1) is 21.8 Å². The molecule has 21 heavy (non-hydrogen) atoms. The Balaban J connectivity index is 2.54. The lowest BCUT2D eigenvalue weighted by Crippen LogP contribution is -2.35. The minimum atomic E-state index is -4.40. The van der Waals surface area contributed by atoms with Crippen molar-refractivity contribution in [3.05, 3.63) is 50.8 Å². The lowest BCUT2D eigenvalue weighted by Gasteiger charge is -2.07. The Kier molecular flexibility index (Phi) is 3.67. The third kappa shape index (κ3) is 3.01. The van der Waals surface area contributed by atoms with E-state index in [0.29, 0.717) is 16.3 Å². The second-order valence-corrected chi connectivity index (χ2v) is 4.78. The van der Waals surface area contributed by atoms with Crippen molar-refractivity contribution < 1.29 is 13.2 Å². The zero-order chi connectivity index (χ0) is 15.8. The van der Waals surface area contributed by atoms with E-state index in [1.165, 1.54) is 12.1 Å². The molecule has 7 heteroatoms. The van der Waals surface area contributed by atoms with Gasteiger partial charge < -0.3 is 4.90 Å². The molecule has 0 amide bonds. The van der Waals surface area contributed by atoms with Crippen LogP contribution in [0, 0.1) is 0 Å². The fourth-order valence-corrected chi connectivity index (χ4v) is 1.87. The van der Waals surface area contributed by atoms with E-state index in [1.54, 1.807) is 25.2 Å². The van der Waals surface area contributed by atoms with Gasteiger partial charge in [-0.15, -0.1) is 0 Å². The summed E-state index contributed by atoms with van der Waals surface area (Å²) in [7, 11) is 3.52. The van der Waals surface area contributed by atoms with Crippen molar-refractivity contribution in [2.45, 2.75) is 6.18 Å². The van der Waals surface area contributed by atoms with Crippen LogP contribution in [-0.4, -0.2) is 28.8 Å². The predicted octanol–water partition coefficient (Wildman–Crippen LogP) is 0.894. The molecule has 0 aliphatic carbocycles. The summed E-state index contributed by atoms with van der Waals surface area (Å²) in [6.45, 7) is 3.72. The van der Waals surface area contributed by atoms with Gasteiger partial charge in [0.2, 0.25) is 0 Å². The molecule has 0 saturated heterocycles. The molecule has 0 unspecified atom stereocenters. The topological polar surface area (TPSA) is 41.0 Å². The van der Waals surface area contributed by atoms with Gasteiger partial charge in [-0.1, -0.05) is 6.58 Å². The van der Waals surface area contributed by atoms with Gasteiger partial charge in [-0.05, 0) is 24.3 Å². The van der Waals surface area contributed by atoms with Crippen molar-refractivity contribution in [3.63, 3.8) is 0 Å². The van der Waals surface area contributed by atoms with Gasteiger partial charge in [0.25, 0.3) is 5.56 Å². The van der Waals surface area contributed by atoms with Crippen LogP contribution in [0.4, 0.5) is 13.2 Å². The average Bonchev–Trinajstić information content (AvgIpc) is 2.65. The molecule has 2 rings (SSSR count). The summed E-state index contributed by atoms with van der Waals surface area (Å²) < 4.78 is 38.7. The summed E-state index contributed by atoms with van der Waals surface area (Å²) >= 11 is 0. The van der Waals surface area contributed by atoms with E-state index in [2.05, 4.69) is 11.7 Å². The maximum Gasteiger partial charge on any atom is 0.416 e. The van der Waals surface area contributed by atoms with Gasteiger partial charge in [-0.2, -0.15) is 13.2 Å². The van der Waals surface area contributed by atoms with Crippen LogP contribution in [0.15, 0.2) is 29.1 Å². The summed E-state index contributed by atoms with van der Waals surface area (Å²) in [5.74, 6) is 0. The fourth-order valence-electron chi connectivity index (χ4n) is 1.87. The Bertz CT molecular complexity index is 798. The van der Waals surface area contributed by atoms with Crippen LogP contribution in [-0.2, 0) is 6.18 Å². The third-order valence-corrected chi connectivity index (χ3v) is 2.85. The standard InChI is InChI=1S/C14H14F3N3O/c1-9-12(8-19(2)3)13(21)20(18-9)11-6-4-10(5-7-11)14(15,16)17/h4-8,18H,1H2,2-3H3. The molecule has 0 aliphatic heterocycles.